The minimum Gasteiger partial charge on any atom is -0.490 e. The molecule has 0 bridgehead atoms. The van der Waals surface area contributed by atoms with Crippen LogP contribution < -0.4 is 29.7 Å². The molecule has 1 saturated heterocycles. The van der Waals surface area contributed by atoms with Gasteiger partial charge in [-0.15, -0.1) is 0 Å². The molecule has 1 fully saturated rings. The summed E-state index contributed by atoms with van der Waals surface area (Å²) in [6.45, 7) is 8.77. The number of esters is 1. The second-order valence-electron chi connectivity index (χ2n) is 9.88. The third kappa shape index (κ3) is 8.21. The molecular weight excluding hydrogens is 596 g/mol. The van der Waals surface area contributed by atoms with Crippen molar-refractivity contribution in [1.82, 2.24) is 10.2 Å². The monoisotopic (exact) mass is 634 g/mol. The second kappa shape index (κ2) is 15.8. The number of ether oxygens (including phenoxy) is 4. The summed E-state index contributed by atoms with van der Waals surface area (Å²) >= 11 is 5.54. The van der Waals surface area contributed by atoms with Crippen LogP contribution in [0, 0.1) is 0 Å². The summed E-state index contributed by atoms with van der Waals surface area (Å²) in [6.07, 6.45) is 0. The van der Waals surface area contributed by atoms with Gasteiger partial charge in [-0.25, -0.2) is 4.79 Å². The van der Waals surface area contributed by atoms with Crippen molar-refractivity contribution in [2.45, 2.75) is 20.8 Å². The number of piperazine rings is 1. The Balaban J connectivity index is 1.52. The lowest BCUT2D eigenvalue weighted by Crippen LogP contribution is -2.49. The minimum absolute atomic E-state index is 0.0194. The van der Waals surface area contributed by atoms with Crippen LogP contribution in [0.4, 0.5) is 11.4 Å². The van der Waals surface area contributed by atoms with E-state index in [9.17, 15) is 14.4 Å². The van der Waals surface area contributed by atoms with Crippen molar-refractivity contribution in [2.75, 3.05) is 63.3 Å². The number of nitrogens with one attached hydrogen (secondary N) is 2. The molecule has 4 rings (SSSR count). The fourth-order valence-corrected chi connectivity index (χ4v) is 5.12. The molecule has 3 aromatic carbocycles. The fourth-order valence-electron chi connectivity index (χ4n) is 4.92. The van der Waals surface area contributed by atoms with Gasteiger partial charge >= 0.3 is 5.97 Å². The summed E-state index contributed by atoms with van der Waals surface area (Å²) in [7, 11) is 1.31. The van der Waals surface area contributed by atoms with E-state index in [1.54, 1.807) is 42.5 Å². The highest BCUT2D eigenvalue weighted by molar-refractivity contribution is 7.80. The largest absolute Gasteiger partial charge is 0.490 e. The van der Waals surface area contributed by atoms with Gasteiger partial charge in [-0.2, -0.15) is 0 Å². The van der Waals surface area contributed by atoms with Gasteiger partial charge in [-0.1, -0.05) is 18.2 Å². The normalized spacial score (nSPS) is 12.6. The van der Waals surface area contributed by atoms with Crippen LogP contribution in [0.5, 0.6) is 17.2 Å². The summed E-state index contributed by atoms with van der Waals surface area (Å²) in [5.74, 6) is 0.163. The van der Waals surface area contributed by atoms with Gasteiger partial charge in [-0.05, 0) is 75.5 Å². The average Bonchev–Trinajstić information content (AvgIpc) is 3.06. The Bertz CT molecular complexity index is 1500. The van der Waals surface area contributed by atoms with Gasteiger partial charge in [0.2, 0.25) is 5.75 Å². The molecule has 1 heterocycles. The van der Waals surface area contributed by atoms with Crippen molar-refractivity contribution in [2.24, 2.45) is 0 Å². The zero-order valence-electron chi connectivity index (χ0n) is 25.9. The van der Waals surface area contributed by atoms with Crippen LogP contribution in [0.25, 0.3) is 0 Å². The number of hydrogen-bond donors (Lipinski definition) is 2. The van der Waals surface area contributed by atoms with Gasteiger partial charge in [0.25, 0.3) is 11.8 Å². The maximum absolute atomic E-state index is 13.3. The molecule has 0 atom stereocenters. The van der Waals surface area contributed by atoms with Crippen LogP contribution >= 0.6 is 12.2 Å². The van der Waals surface area contributed by atoms with E-state index < -0.39 is 11.9 Å². The summed E-state index contributed by atoms with van der Waals surface area (Å²) in [5, 5.41) is 5.81. The fraction of sp³-hybridized carbons (Fsp3) is 0.333. The Morgan fingerprint density at radius 1 is 0.778 bits per heavy atom. The number of methoxy groups -OCH3 is 1. The number of anilines is 2. The Morgan fingerprint density at radius 2 is 1.40 bits per heavy atom. The van der Waals surface area contributed by atoms with Gasteiger partial charge in [0.1, 0.15) is 0 Å². The molecule has 238 valence electrons. The zero-order valence-corrected chi connectivity index (χ0v) is 26.7. The molecule has 1 aliphatic rings. The first-order chi connectivity index (χ1) is 21.8. The van der Waals surface area contributed by atoms with Crippen molar-refractivity contribution < 1.29 is 33.3 Å². The second-order valence-corrected chi connectivity index (χ2v) is 10.3. The summed E-state index contributed by atoms with van der Waals surface area (Å²) in [5.41, 5.74) is 2.47. The summed E-state index contributed by atoms with van der Waals surface area (Å²) in [4.78, 5) is 42.6. The number of rotatable bonds is 11. The molecule has 45 heavy (non-hydrogen) atoms. The smallest absolute Gasteiger partial charge is 0.337 e. The van der Waals surface area contributed by atoms with Crippen LogP contribution in [-0.4, -0.2) is 80.9 Å². The molecule has 0 aliphatic carbocycles. The molecule has 3 aromatic rings. The Hall–Kier alpha value is -4.84. The molecule has 0 saturated carbocycles. The van der Waals surface area contributed by atoms with Gasteiger partial charge in [0.15, 0.2) is 16.6 Å². The van der Waals surface area contributed by atoms with Crippen molar-refractivity contribution in [3.05, 3.63) is 77.4 Å². The Morgan fingerprint density at radius 3 is 1.98 bits per heavy atom. The standard InChI is InChI=1S/C33H38N4O7S/c1-5-42-27-20-24(21-28(43-6-2)29(27)44-7-3)30(38)35-33(45)34-25-19-23(32(40)41-4)13-14-26(25)36-15-17-37(18-16-36)31(39)22-11-9-8-10-12-22/h8-14,19-21H,5-7,15-18H2,1-4H3,(H2,34,35,38,45). The topological polar surface area (TPSA) is 119 Å². The summed E-state index contributed by atoms with van der Waals surface area (Å²) in [6, 6.07) is 17.4. The summed E-state index contributed by atoms with van der Waals surface area (Å²) < 4.78 is 22.1. The van der Waals surface area contributed by atoms with Crippen LogP contribution in [0.1, 0.15) is 51.8 Å². The number of thiocarbonyl (C=S) groups is 1. The lowest BCUT2D eigenvalue weighted by molar-refractivity contribution is 0.0600. The van der Waals surface area contributed by atoms with Gasteiger partial charge in [-0.3, -0.25) is 14.9 Å². The van der Waals surface area contributed by atoms with E-state index in [2.05, 4.69) is 15.5 Å². The van der Waals surface area contributed by atoms with E-state index >= 15 is 0 Å². The minimum atomic E-state index is -0.515. The highest BCUT2D eigenvalue weighted by atomic mass is 32.1. The van der Waals surface area contributed by atoms with Crippen molar-refractivity contribution >= 4 is 46.5 Å². The quantitative estimate of drug-likeness (QED) is 0.226. The molecule has 11 nitrogen and oxygen atoms in total. The first kappa shape index (κ1) is 33.1. The third-order valence-corrected chi connectivity index (χ3v) is 7.20. The Kier molecular flexibility index (Phi) is 11.6. The molecule has 0 radical (unpaired) electrons. The number of hydrogen-bond acceptors (Lipinski definition) is 9. The van der Waals surface area contributed by atoms with Gasteiger partial charge in [0, 0.05) is 37.3 Å². The van der Waals surface area contributed by atoms with Crippen molar-refractivity contribution in [1.29, 1.82) is 0 Å². The highest BCUT2D eigenvalue weighted by Crippen LogP contribution is 2.39. The van der Waals surface area contributed by atoms with Crippen molar-refractivity contribution in [3.63, 3.8) is 0 Å². The van der Waals surface area contributed by atoms with E-state index in [4.69, 9.17) is 31.2 Å². The molecular formula is C33H38N4O7S. The predicted molar refractivity (Wildman–Crippen MR) is 176 cm³/mol. The van der Waals surface area contributed by atoms with E-state index in [-0.39, 0.29) is 16.6 Å². The molecule has 2 amide bonds. The molecule has 12 heteroatoms. The zero-order chi connectivity index (χ0) is 32.3. The number of carbonyl (C=O) groups excluding carboxylic acids is 3. The maximum Gasteiger partial charge on any atom is 0.337 e. The number of benzene rings is 3. The molecule has 0 aromatic heterocycles. The highest BCUT2D eigenvalue weighted by Gasteiger charge is 2.25. The van der Waals surface area contributed by atoms with Crippen LogP contribution in [0.3, 0.4) is 0 Å². The SMILES string of the molecule is CCOc1cc(C(=O)NC(=S)Nc2cc(C(=O)OC)ccc2N2CCN(C(=O)c3ccccc3)CC2)cc(OCC)c1OCC. The average molecular weight is 635 g/mol. The van der Waals surface area contributed by atoms with Crippen LogP contribution in [0.15, 0.2) is 60.7 Å². The molecule has 0 spiro atoms. The molecule has 1 aliphatic heterocycles. The Labute approximate surface area is 268 Å². The van der Waals surface area contributed by atoms with Crippen molar-refractivity contribution in [3.8, 4) is 17.2 Å². The van der Waals surface area contributed by atoms with E-state index in [0.29, 0.717) is 80.1 Å². The van der Waals surface area contributed by atoms with E-state index in [1.165, 1.54) is 7.11 Å². The van der Waals surface area contributed by atoms with Gasteiger partial charge < -0.3 is 34.1 Å². The molecule has 0 unspecified atom stereocenters. The molecule has 2 N–H and O–H groups in total. The first-order valence-electron chi connectivity index (χ1n) is 14.8. The van der Waals surface area contributed by atoms with E-state index in [0.717, 1.165) is 5.69 Å². The first-order valence-corrected chi connectivity index (χ1v) is 15.2. The number of amides is 2. The maximum atomic E-state index is 13.3. The van der Waals surface area contributed by atoms with Crippen LogP contribution in [-0.2, 0) is 4.74 Å². The van der Waals surface area contributed by atoms with Crippen LogP contribution in [0.2, 0.25) is 0 Å². The third-order valence-electron chi connectivity index (χ3n) is 6.99. The lowest BCUT2D eigenvalue weighted by atomic mass is 10.1. The lowest BCUT2D eigenvalue weighted by Gasteiger charge is -2.37. The number of carbonyl (C=O) groups is 3. The van der Waals surface area contributed by atoms with E-state index in [1.807, 2.05) is 43.9 Å². The predicted octanol–water partition coefficient (Wildman–Crippen LogP) is 4.76. The van der Waals surface area contributed by atoms with Gasteiger partial charge in [0.05, 0.1) is 43.9 Å². The number of nitrogens with zero attached hydrogens (tertiary/aromatic N) is 2.